The van der Waals surface area contributed by atoms with E-state index < -0.39 is 0 Å². The summed E-state index contributed by atoms with van der Waals surface area (Å²) in [4.78, 5) is 26.5. The number of aryl methyl sites for hydroxylation is 1. The summed E-state index contributed by atoms with van der Waals surface area (Å²) in [5.74, 6) is 4.96. The number of aliphatic imine (C=N–C) groups is 6. The second-order valence-electron chi connectivity index (χ2n) is 31.6. The van der Waals surface area contributed by atoms with E-state index in [1.165, 1.54) is 56.6 Å². The number of halogens is 10. The van der Waals surface area contributed by atoms with Crippen LogP contribution in [0, 0.1) is 12.7 Å². The molecule has 12 aromatic rings. The average Bonchev–Trinajstić information content (AvgIpc) is 1.17. The Labute approximate surface area is 821 Å². The third-order valence-corrected chi connectivity index (χ3v) is 25.6. The second kappa shape index (κ2) is 51.7. The molecule has 0 fully saturated rings. The first kappa shape index (κ1) is 98.3. The van der Waals surface area contributed by atoms with Crippen molar-refractivity contribution in [3.8, 4) is 5.75 Å². The molecule has 18 rings (SSSR count). The Morgan fingerprint density at radius 2 is 0.606 bits per heavy atom. The molecule has 6 aliphatic heterocycles. The van der Waals surface area contributed by atoms with Gasteiger partial charge in [0.25, 0.3) is 0 Å². The predicted octanol–water partition coefficient (Wildman–Crippen LogP) is 21.3. The molecule has 29 heteroatoms. The van der Waals surface area contributed by atoms with Crippen LogP contribution in [0.3, 0.4) is 0 Å². The molecule has 6 unspecified atom stereocenters. The molecule has 19 nitrogen and oxygen atoms in total. The van der Waals surface area contributed by atoms with E-state index in [0.717, 1.165) is 182 Å². The van der Waals surface area contributed by atoms with Crippen LogP contribution >= 0.6 is 109 Å². The van der Waals surface area contributed by atoms with Crippen molar-refractivity contribution in [3.05, 3.63) is 414 Å². The van der Waals surface area contributed by atoms with Crippen LogP contribution in [-0.2, 0) is 38.5 Å². The number of nitrogens with one attached hydrogen (secondary N) is 12. The van der Waals surface area contributed by atoms with Gasteiger partial charge in [0, 0.05) is 53.8 Å². The molecule has 0 amide bonds. The van der Waals surface area contributed by atoms with E-state index in [-0.39, 0.29) is 47.8 Å². The summed E-state index contributed by atoms with van der Waals surface area (Å²) in [5, 5.41) is 54.6. The Balaban J connectivity index is 0.000000135. The van der Waals surface area contributed by atoms with Crippen molar-refractivity contribution >= 4 is 144 Å². The van der Waals surface area contributed by atoms with E-state index in [9.17, 15) is 9.50 Å². The minimum Gasteiger partial charge on any atom is -0.508 e. The first-order chi connectivity index (χ1) is 64.3. The van der Waals surface area contributed by atoms with Gasteiger partial charge in [0.1, 0.15) is 11.6 Å². The fraction of sp³-hybridized carbons (Fsp3) is 0.243. The second-order valence-corrected chi connectivity index (χ2v) is 35.7. The van der Waals surface area contributed by atoms with E-state index in [2.05, 4.69) is 244 Å². The lowest BCUT2D eigenvalue weighted by Gasteiger charge is -2.22. The average molecular weight is 1990 g/mol. The van der Waals surface area contributed by atoms with Gasteiger partial charge in [0.15, 0.2) is 35.8 Å². The summed E-state index contributed by atoms with van der Waals surface area (Å²) < 4.78 is 14.2. The SMILES string of the molecule is Cc1cccc(CC(NC2=NCCN2)c2cccc(Cl)c2)c1.Clc1cccc(C(Cc2ccccc2)NC2=NCCN2)c1.Clc1cccc(C(Cc2ccccc2Br)NC2=NCCN2)c1Cl.Fc1ccc(CC(NC2=NCCN2)c2cccc(Cl)c2Cl)cc1.Oc1cccc(CC(NC2=NCCN2)c2cccc(Cl)c2Cl)c1.c1ccc(CC(NC2=NCCN2)c2ccccc2)cc1. The quantitative estimate of drug-likeness (QED) is 0.0270. The molecular formula is C103H106BrCl8FN18O. The number of nitrogens with zero attached hydrogens (tertiary/aromatic N) is 6. The maximum Gasteiger partial charge on any atom is 0.191 e. The molecule has 0 aliphatic carbocycles. The fourth-order valence-electron chi connectivity index (χ4n) is 15.4. The summed E-state index contributed by atoms with van der Waals surface area (Å²) in [7, 11) is 0. The summed E-state index contributed by atoms with van der Waals surface area (Å²) in [6, 6.07) is 95.2. The molecule has 0 saturated carbocycles. The van der Waals surface area contributed by atoms with Gasteiger partial charge in [-0.05, 0) is 185 Å². The summed E-state index contributed by atoms with van der Waals surface area (Å²) in [5.41, 5.74) is 14.8. The van der Waals surface area contributed by atoms with Gasteiger partial charge in [0.2, 0.25) is 0 Å². The molecular weight excluding hydrogens is 1890 g/mol. The Morgan fingerprint density at radius 3 is 0.985 bits per heavy atom. The maximum atomic E-state index is 13.1. The lowest BCUT2D eigenvalue weighted by molar-refractivity contribution is 0.474. The Bertz CT molecular complexity index is 5910. The number of hydrogen-bond donors (Lipinski definition) is 13. The zero-order chi connectivity index (χ0) is 92.2. The minimum atomic E-state index is -0.249. The van der Waals surface area contributed by atoms with E-state index in [1.807, 2.05) is 109 Å². The van der Waals surface area contributed by atoms with Crippen LogP contribution < -0.4 is 63.8 Å². The smallest absolute Gasteiger partial charge is 0.191 e. The molecule has 13 N–H and O–H groups in total. The number of hydrogen-bond acceptors (Lipinski definition) is 19. The lowest BCUT2D eigenvalue weighted by atomic mass is 9.98. The van der Waals surface area contributed by atoms with Gasteiger partial charge in [0.05, 0.1) is 106 Å². The molecule has 0 radical (unpaired) electrons. The van der Waals surface area contributed by atoms with Gasteiger partial charge in [-0.1, -0.05) is 333 Å². The highest BCUT2D eigenvalue weighted by atomic mass is 79.9. The summed E-state index contributed by atoms with van der Waals surface area (Å²) >= 11 is 53.6. The van der Waals surface area contributed by atoms with Crippen molar-refractivity contribution in [1.82, 2.24) is 63.8 Å². The normalized spacial score (nSPS) is 15.1. The van der Waals surface area contributed by atoms with E-state index >= 15 is 0 Å². The van der Waals surface area contributed by atoms with Gasteiger partial charge in [-0.25, -0.2) is 4.39 Å². The summed E-state index contributed by atoms with van der Waals surface area (Å²) in [6.45, 7) is 12.1. The standard InChI is InChI=1S/C18H20ClN3.C17H16BrCl2N3.C17H16Cl2FN3.C17H17Cl2N3O.C17H18ClN3.C17H19N3/c1-13-4-2-5-14(10-13)11-17(22-18-20-8-9-21-18)15-6-3-7-16(19)12-15;18-13-6-2-1-4-11(13)10-15(23-17-21-8-9-22-17)12-5-3-7-14(19)16(12)20;18-14-3-1-2-13(16(14)19)15(23-17-21-8-9-22-17)10-11-4-6-12(20)7-5-11;18-14-6-2-5-13(16(14)19)15(22-17-20-7-8-21-17)10-11-3-1-4-12(23)9-11;18-15-8-4-7-14(12-15)16(21-17-19-9-10-20-17)11-13-5-2-1-3-6-13;1-3-7-14(8-4-1)13-16(15-9-5-2-6-10-15)20-17-18-11-12-19-17/h2-7,10,12,17H,8-9,11H2,1H3,(H2,20,21,22);2*1-7,15H,8-10H2,(H2,21,22,23);1-6,9,15,23H,7-8,10H2,(H2,20,21,22);1-8,12,16H,9-11H2,(H2,19,20,21);1-10,16H,11-13H2,(H2,18,19,20). The number of rotatable bonds is 24. The van der Waals surface area contributed by atoms with Crippen LogP contribution in [0.1, 0.15) is 109 Å². The number of phenols is 1. The number of aromatic hydroxyl groups is 1. The molecule has 12 aromatic carbocycles. The van der Waals surface area contributed by atoms with Crippen molar-refractivity contribution in [3.63, 3.8) is 0 Å². The Morgan fingerprint density at radius 1 is 0.303 bits per heavy atom. The third-order valence-electron chi connectivity index (χ3n) is 21.9. The van der Waals surface area contributed by atoms with Crippen LogP contribution in [0.4, 0.5) is 4.39 Å². The Kier molecular flexibility index (Phi) is 38.5. The van der Waals surface area contributed by atoms with Crippen LogP contribution in [0.5, 0.6) is 5.75 Å². The van der Waals surface area contributed by atoms with Crippen LogP contribution in [0.15, 0.2) is 326 Å². The van der Waals surface area contributed by atoms with Crippen LogP contribution in [-0.4, -0.2) is 119 Å². The van der Waals surface area contributed by atoms with Gasteiger partial charge >= 0.3 is 0 Å². The van der Waals surface area contributed by atoms with Gasteiger partial charge in [-0.2, -0.15) is 0 Å². The molecule has 0 saturated heterocycles. The molecule has 132 heavy (non-hydrogen) atoms. The monoisotopic (exact) mass is 1990 g/mol. The van der Waals surface area contributed by atoms with Crippen LogP contribution in [0.2, 0.25) is 40.2 Å². The molecule has 0 aromatic heterocycles. The maximum absolute atomic E-state index is 13.1. The molecule has 684 valence electrons. The largest absolute Gasteiger partial charge is 0.508 e. The van der Waals surface area contributed by atoms with E-state index in [4.69, 9.17) is 92.8 Å². The van der Waals surface area contributed by atoms with Gasteiger partial charge in [-0.15, -0.1) is 0 Å². The van der Waals surface area contributed by atoms with Crippen molar-refractivity contribution in [1.29, 1.82) is 0 Å². The van der Waals surface area contributed by atoms with Crippen molar-refractivity contribution in [2.45, 2.75) is 81.7 Å². The number of phenolic OH excluding ortho intramolecular Hbond substituents is 1. The van der Waals surface area contributed by atoms with Crippen LogP contribution in [0.25, 0.3) is 0 Å². The Hall–Kier alpha value is -11.2. The molecule has 6 heterocycles. The lowest BCUT2D eigenvalue weighted by Crippen LogP contribution is -2.37. The van der Waals surface area contributed by atoms with Gasteiger partial charge < -0.3 is 68.9 Å². The number of guanidine groups is 6. The van der Waals surface area contributed by atoms with Crippen molar-refractivity contribution in [2.75, 3.05) is 78.5 Å². The summed E-state index contributed by atoms with van der Waals surface area (Å²) in [6.07, 6.45) is 4.79. The molecule has 0 spiro atoms. The van der Waals surface area contributed by atoms with E-state index in [0.29, 0.717) is 43.0 Å². The predicted molar refractivity (Wildman–Crippen MR) is 551 cm³/mol. The zero-order valence-electron chi connectivity index (χ0n) is 72.8. The highest BCUT2D eigenvalue weighted by molar-refractivity contribution is 9.10. The molecule has 6 aliphatic rings. The zero-order valence-corrected chi connectivity index (χ0v) is 80.4. The highest BCUT2D eigenvalue weighted by Gasteiger charge is 2.26. The first-order valence-corrected chi connectivity index (χ1v) is 47.7. The minimum absolute atomic E-state index is 0.0238. The number of benzene rings is 12. The molecule has 0 bridgehead atoms. The fourth-order valence-corrected chi connectivity index (χ4v) is 17.5. The molecule has 6 atom stereocenters. The van der Waals surface area contributed by atoms with Crippen molar-refractivity contribution in [2.24, 2.45) is 30.0 Å². The highest BCUT2D eigenvalue weighted by Crippen LogP contribution is 2.37. The van der Waals surface area contributed by atoms with Gasteiger partial charge in [-0.3, -0.25) is 30.0 Å². The third kappa shape index (κ3) is 31.2. The van der Waals surface area contributed by atoms with E-state index in [1.54, 1.807) is 42.5 Å². The first-order valence-electron chi connectivity index (χ1n) is 43.9. The van der Waals surface area contributed by atoms with Crippen molar-refractivity contribution < 1.29 is 9.50 Å². The topological polar surface area (TPSA) is 239 Å².